The van der Waals surface area contributed by atoms with Gasteiger partial charge in [0.1, 0.15) is 11.4 Å². The normalized spacial score (nSPS) is 14.5. The maximum atomic E-state index is 6.20. The highest BCUT2D eigenvalue weighted by atomic mass is 35.5. The van der Waals surface area contributed by atoms with Crippen LogP contribution in [0.1, 0.15) is 38.1 Å². The third-order valence-electron chi connectivity index (χ3n) is 6.75. The highest BCUT2D eigenvalue weighted by Crippen LogP contribution is 2.38. The summed E-state index contributed by atoms with van der Waals surface area (Å²) in [6.45, 7) is 0. The molecule has 0 aliphatic heterocycles. The quantitative estimate of drug-likeness (QED) is 0.265. The highest BCUT2D eigenvalue weighted by molar-refractivity contribution is 6.31. The monoisotopic (exact) mass is 500 g/mol. The van der Waals surface area contributed by atoms with E-state index in [1.54, 1.807) is 30.5 Å². The van der Waals surface area contributed by atoms with Gasteiger partial charge in [-0.3, -0.25) is 4.68 Å². The van der Waals surface area contributed by atoms with Crippen LogP contribution in [-0.4, -0.2) is 24.7 Å². The molecule has 5 aromatic heterocycles. The van der Waals surface area contributed by atoms with Gasteiger partial charge < -0.3 is 21.6 Å². The van der Waals surface area contributed by atoms with Crippen molar-refractivity contribution in [3.8, 4) is 34.0 Å². The van der Waals surface area contributed by atoms with E-state index in [9.17, 15) is 0 Å². The highest BCUT2D eigenvalue weighted by Gasteiger charge is 2.20. The van der Waals surface area contributed by atoms with E-state index in [0.717, 1.165) is 29.4 Å². The lowest BCUT2D eigenvalue weighted by Crippen LogP contribution is -2.12. The largest absolute Gasteiger partial charge is 0.451 e. The minimum atomic E-state index is 0.195. The van der Waals surface area contributed by atoms with Gasteiger partial charge in [-0.15, -0.1) is 0 Å². The number of nitrogen functional groups attached to an aromatic ring is 3. The first-order valence-corrected chi connectivity index (χ1v) is 12.3. The molecule has 0 atom stereocenters. The number of anilines is 3. The van der Waals surface area contributed by atoms with Crippen molar-refractivity contribution < 1.29 is 4.42 Å². The summed E-state index contributed by atoms with van der Waals surface area (Å²) < 4.78 is 8.24. The summed E-state index contributed by atoms with van der Waals surface area (Å²) in [5.74, 6) is 0.843. The third kappa shape index (κ3) is 3.91. The van der Waals surface area contributed by atoms with Crippen LogP contribution in [0.5, 0.6) is 0 Å². The minimum absolute atomic E-state index is 0.195. The molecule has 0 amide bonds. The number of pyridine rings is 3. The third-order valence-corrected chi connectivity index (χ3v) is 7.05. The Kier molecular flexibility index (Phi) is 5.49. The van der Waals surface area contributed by atoms with Gasteiger partial charge in [0, 0.05) is 28.9 Å². The maximum absolute atomic E-state index is 6.20. The maximum Gasteiger partial charge on any atom is 0.177 e. The van der Waals surface area contributed by atoms with E-state index in [1.165, 1.54) is 19.3 Å². The Labute approximate surface area is 212 Å². The van der Waals surface area contributed by atoms with Crippen LogP contribution in [0, 0.1) is 0 Å². The lowest BCUT2D eigenvalue weighted by atomic mass is 9.96. The van der Waals surface area contributed by atoms with E-state index in [0.29, 0.717) is 51.7 Å². The molecule has 36 heavy (non-hydrogen) atoms. The van der Waals surface area contributed by atoms with Crippen LogP contribution < -0.4 is 17.2 Å². The molecule has 0 radical (unpaired) electrons. The first-order valence-electron chi connectivity index (χ1n) is 11.9. The summed E-state index contributed by atoms with van der Waals surface area (Å²) in [6.07, 6.45) is 11.8. The molecule has 0 bridgehead atoms. The Balaban J connectivity index is 1.41. The number of nitrogens with zero attached hydrogens (tertiary/aromatic N) is 5. The van der Waals surface area contributed by atoms with Crippen LogP contribution in [0.2, 0.25) is 5.15 Å². The molecular weight excluding hydrogens is 476 g/mol. The fourth-order valence-corrected chi connectivity index (χ4v) is 4.97. The topological polar surface area (TPSA) is 148 Å². The SMILES string of the molecule is Nc1ccc(-c2nc(-c3cc4c(-c5cnn(C6CCCCC6)c5)cnc(N)c4o3)ccc2N)nc1Cl. The molecule has 6 rings (SSSR count). The van der Waals surface area contributed by atoms with Gasteiger partial charge in [0.2, 0.25) is 0 Å². The molecule has 0 unspecified atom stereocenters. The van der Waals surface area contributed by atoms with Crippen LogP contribution in [0.15, 0.2) is 53.3 Å². The van der Waals surface area contributed by atoms with Gasteiger partial charge >= 0.3 is 0 Å². The second kappa shape index (κ2) is 8.83. The number of aromatic nitrogens is 5. The summed E-state index contributed by atoms with van der Waals surface area (Å²) in [4.78, 5) is 13.4. The van der Waals surface area contributed by atoms with Crippen LogP contribution in [0.4, 0.5) is 17.2 Å². The Morgan fingerprint density at radius 1 is 0.917 bits per heavy atom. The van der Waals surface area contributed by atoms with Gasteiger partial charge in [-0.25, -0.2) is 15.0 Å². The van der Waals surface area contributed by atoms with Gasteiger partial charge in [0.15, 0.2) is 22.3 Å². The molecule has 182 valence electrons. The summed E-state index contributed by atoms with van der Waals surface area (Å²) >= 11 is 6.12. The smallest absolute Gasteiger partial charge is 0.177 e. The molecule has 9 nitrogen and oxygen atoms in total. The van der Waals surface area contributed by atoms with Crippen LogP contribution in [0.25, 0.3) is 44.9 Å². The predicted octanol–water partition coefficient (Wildman–Crippen LogP) is 5.72. The van der Waals surface area contributed by atoms with E-state index in [1.807, 2.05) is 12.3 Å². The van der Waals surface area contributed by atoms with Gasteiger partial charge in [-0.2, -0.15) is 5.10 Å². The fourth-order valence-electron chi connectivity index (χ4n) is 4.81. The van der Waals surface area contributed by atoms with Crippen LogP contribution in [-0.2, 0) is 0 Å². The van der Waals surface area contributed by atoms with Gasteiger partial charge in [-0.1, -0.05) is 30.9 Å². The van der Waals surface area contributed by atoms with Crippen molar-refractivity contribution >= 4 is 39.8 Å². The summed E-state index contributed by atoms with van der Waals surface area (Å²) in [6, 6.07) is 9.31. The summed E-state index contributed by atoms with van der Waals surface area (Å²) in [7, 11) is 0. The van der Waals surface area contributed by atoms with Crippen molar-refractivity contribution in [2.75, 3.05) is 17.2 Å². The molecule has 0 aromatic carbocycles. The van der Waals surface area contributed by atoms with Crippen molar-refractivity contribution in [3.05, 3.63) is 54.1 Å². The summed E-state index contributed by atoms with van der Waals surface area (Å²) in [5, 5.41) is 5.69. The average molecular weight is 501 g/mol. The number of furan rings is 1. The molecule has 6 N–H and O–H groups in total. The molecule has 1 aliphatic rings. The number of nitrogens with two attached hydrogens (primary N) is 3. The number of rotatable bonds is 4. The zero-order valence-corrected chi connectivity index (χ0v) is 20.2. The van der Waals surface area contributed by atoms with Gasteiger partial charge in [0.05, 0.1) is 29.3 Å². The van der Waals surface area contributed by atoms with E-state index in [2.05, 4.69) is 25.9 Å². The number of halogens is 1. The second-order valence-corrected chi connectivity index (χ2v) is 9.48. The second-order valence-electron chi connectivity index (χ2n) is 9.12. The number of fused-ring (bicyclic) bond motifs is 1. The van der Waals surface area contributed by atoms with Crippen molar-refractivity contribution in [1.82, 2.24) is 24.7 Å². The molecule has 1 saturated carbocycles. The Morgan fingerprint density at radius 3 is 2.50 bits per heavy atom. The average Bonchev–Trinajstić information content (AvgIpc) is 3.56. The number of hydrogen-bond acceptors (Lipinski definition) is 8. The Morgan fingerprint density at radius 2 is 1.69 bits per heavy atom. The van der Waals surface area contributed by atoms with E-state index >= 15 is 0 Å². The number of hydrogen-bond donors (Lipinski definition) is 3. The predicted molar refractivity (Wildman–Crippen MR) is 142 cm³/mol. The molecular formula is C26H25ClN8O. The first kappa shape index (κ1) is 22.4. The molecule has 0 saturated heterocycles. The fraction of sp³-hybridized carbons (Fsp3) is 0.231. The first-order chi connectivity index (χ1) is 17.5. The molecule has 1 aliphatic carbocycles. The van der Waals surface area contributed by atoms with Crippen LogP contribution >= 0.6 is 11.6 Å². The van der Waals surface area contributed by atoms with Crippen molar-refractivity contribution in [2.24, 2.45) is 0 Å². The molecule has 5 aromatic rings. The minimum Gasteiger partial charge on any atom is -0.451 e. The van der Waals surface area contributed by atoms with E-state index in [4.69, 9.17) is 38.2 Å². The van der Waals surface area contributed by atoms with Crippen molar-refractivity contribution in [2.45, 2.75) is 38.1 Å². The standard InChI is InChI=1S/C26H25ClN8O/c27-25-19(29)7-9-21(34-25)23-18(28)6-8-20(33-23)22-10-16-17(12-31-26(30)24(16)36-22)14-11-32-35(13-14)15-4-2-1-3-5-15/h6-13,15H,1-5,28-29H2,(H2,30,31). The van der Waals surface area contributed by atoms with Crippen molar-refractivity contribution in [3.63, 3.8) is 0 Å². The van der Waals surface area contributed by atoms with Gasteiger partial charge in [-0.05, 0) is 43.2 Å². The zero-order chi connectivity index (χ0) is 24.8. The molecule has 0 spiro atoms. The lowest BCUT2D eigenvalue weighted by molar-refractivity contribution is 0.329. The molecule has 5 heterocycles. The van der Waals surface area contributed by atoms with Crippen LogP contribution in [0.3, 0.4) is 0 Å². The summed E-state index contributed by atoms with van der Waals surface area (Å²) in [5.41, 5.74) is 23.0. The molecule has 1 fully saturated rings. The lowest BCUT2D eigenvalue weighted by Gasteiger charge is -2.21. The zero-order valence-electron chi connectivity index (χ0n) is 19.5. The molecule has 10 heteroatoms. The Bertz CT molecular complexity index is 1580. The van der Waals surface area contributed by atoms with Crippen molar-refractivity contribution in [1.29, 1.82) is 0 Å². The van der Waals surface area contributed by atoms with E-state index < -0.39 is 0 Å². The Hall–Kier alpha value is -4.11. The van der Waals surface area contributed by atoms with Gasteiger partial charge in [0.25, 0.3) is 0 Å². The van der Waals surface area contributed by atoms with E-state index in [-0.39, 0.29) is 5.15 Å².